The van der Waals surface area contributed by atoms with Gasteiger partial charge in [0.1, 0.15) is 0 Å². The van der Waals surface area contributed by atoms with E-state index in [2.05, 4.69) is 29.4 Å². The number of anilines is 1. The zero-order chi connectivity index (χ0) is 16.2. The largest absolute Gasteiger partial charge is 0.381 e. The zero-order valence-corrected chi connectivity index (χ0v) is 14.4. The Morgan fingerprint density at radius 3 is 2.96 bits per heavy atom. The van der Waals surface area contributed by atoms with Crippen LogP contribution in [0, 0.1) is 13.8 Å². The fourth-order valence-electron chi connectivity index (χ4n) is 2.77. The van der Waals surface area contributed by atoms with Gasteiger partial charge in [-0.1, -0.05) is 17.4 Å². The van der Waals surface area contributed by atoms with Crippen molar-refractivity contribution < 1.29 is 14.3 Å². The van der Waals surface area contributed by atoms with E-state index >= 15 is 0 Å². The van der Waals surface area contributed by atoms with E-state index in [9.17, 15) is 4.79 Å². The Balaban J connectivity index is 1.52. The molecule has 1 aliphatic rings. The summed E-state index contributed by atoms with van der Waals surface area (Å²) in [5.41, 5.74) is 3.32. The molecule has 1 N–H and O–H groups in total. The monoisotopic (exact) mass is 334 g/mol. The van der Waals surface area contributed by atoms with Crippen LogP contribution in [0.5, 0.6) is 0 Å². The van der Waals surface area contributed by atoms with Crippen LogP contribution >= 0.6 is 11.3 Å². The standard InChI is InChI=1S/C17H22N2O3S/c1-11-9-12(2)16-14(10-11)23-17(19-16)18-15(20)5-8-22-13-3-6-21-7-4-13/h9-10,13H,3-8H2,1-2H3,(H,18,19,20). The van der Waals surface area contributed by atoms with Crippen LogP contribution in [0.15, 0.2) is 12.1 Å². The SMILES string of the molecule is Cc1cc(C)c2nc(NC(=O)CCOC3CCOCC3)sc2c1. The maximum absolute atomic E-state index is 12.0. The van der Waals surface area contributed by atoms with Crippen molar-refractivity contribution in [1.82, 2.24) is 4.98 Å². The topological polar surface area (TPSA) is 60.5 Å². The van der Waals surface area contributed by atoms with Gasteiger partial charge in [0.2, 0.25) is 5.91 Å². The lowest BCUT2D eigenvalue weighted by molar-refractivity contribution is -0.118. The molecule has 23 heavy (non-hydrogen) atoms. The molecule has 0 radical (unpaired) electrons. The van der Waals surface area contributed by atoms with Crippen LogP contribution in [0.2, 0.25) is 0 Å². The van der Waals surface area contributed by atoms with Crippen molar-refractivity contribution in [2.24, 2.45) is 0 Å². The van der Waals surface area contributed by atoms with Crippen LogP contribution in [-0.2, 0) is 14.3 Å². The summed E-state index contributed by atoms with van der Waals surface area (Å²) in [7, 11) is 0. The molecule has 0 unspecified atom stereocenters. The molecule has 1 amide bonds. The van der Waals surface area contributed by atoms with Crippen molar-refractivity contribution in [3.63, 3.8) is 0 Å². The Kier molecular flexibility index (Phi) is 5.25. The number of rotatable bonds is 5. The molecule has 1 aromatic carbocycles. The molecule has 1 saturated heterocycles. The first-order valence-corrected chi connectivity index (χ1v) is 8.80. The molecule has 124 valence electrons. The average molecular weight is 334 g/mol. The van der Waals surface area contributed by atoms with Gasteiger partial charge in [-0.2, -0.15) is 0 Å². The van der Waals surface area contributed by atoms with E-state index in [-0.39, 0.29) is 12.0 Å². The summed E-state index contributed by atoms with van der Waals surface area (Å²) in [6.07, 6.45) is 2.41. The predicted molar refractivity (Wildman–Crippen MR) is 92.1 cm³/mol. The number of hydrogen-bond donors (Lipinski definition) is 1. The molecule has 2 heterocycles. The Morgan fingerprint density at radius 1 is 1.39 bits per heavy atom. The normalized spacial score (nSPS) is 15.9. The lowest BCUT2D eigenvalue weighted by Gasteiger charge is -2.22. The van der Waals surface area contributed by atoms with Crippen molar-refractivity contribution >= 4 is 32.6 Å². The van der Waals surface area contributed by atoms with E-state index in [0.29, 0.717) is 18.2 Å². The number of benzene rings is 1. The van der Waals surface area contributed by atoms with E-state index in [0.717, 1.165) is 41.8 Å². The van der Waals surface area contributed by atoms with Crippen LogP contribution in [0.1, 0.15) is 30.4 Å². The minimum Gasteiger partial charge on any atom is -0.381 e. The van der Waals surface area contributed by atoms with E-state index in [1.54, 1.807) is 0 Å². The minimum absolute atomic E-state index is 0.0505. The van der Waals surface area contributed by atoms with Crippen LogP contribution in [0.3, 0.4) is 0 Å². The van der Waals surface area contributed by atoms with Gasteiger partial charge < -0.3 is 14.8 Å². The maximum Gasteiger partial charge on any atom is 0.228 e. The van der Waals surface area contributed by atoms with Gasteiger partial charge in [-0.3, -0.25) is 4.79 Å². The number of ether oxygens (including phenoxy) is 2. The highest BCUT2D eigenvalue weighted by molar-refractivity contribution is 7.22. The molecule has 1 fully saturated rings. The quantitative estimate of drug-likeness (QED) is 0.910. The van der Waals surface area contributed by atoms with E-state index in [1.165, 1.54) is 16.9 Å². The van der Waals surface area contributed by atoms with Crippen molar-refractivity contribution in [2.45, 2.75) is 39.2 Å². The third-order valence-corrected chi connectivity index (χ3v) is 4.85. The lowest BCUT2D eigenvalue weighted by atomic mass is 10.1. The molecule has 0 bridgehead atoms. The fraction of sp³-hybridized carbons (Fsp3) is 0.529. The van der Waals surface area contributed by atoms with Crippen LogP contribution in [-0.4, -0.2) is 36.8 Å². The summed E-state index contributed by atoms with van der Waals surface area (Å²) < 4.78 is 12.1. The molecule has 3 rings (SSSR count). The Hall–Kier alpha value is -1.50. The highest BCUT2D eigenvalue weighted by atomic mass is 32.1. The summed E-state index contributed by atoms with van der Waals surface area (Å²) >= 11 is 1.52. The smallest absolute Gasteiger partial charge is 0.228 e. The van der Waals surface area contributed by atoms with Gasteiger partial charge in [0.25, 0.3) is 0 Å². The molecule has 0 saturated carbocycles. The number of nitrogens with zero attached hydrogens (tertiary/aromatic N) is 1. The number of thiazole rings is 1. The fourth-order valence-corrected chi connectivity index (χ4v) is 3.82. The van der Waals surface area contributed by atoms with Crippen molar-refractivity contribution in [1.29, 1.82) is 0 Å². The number of amides is 1. The molecule has 5 nitrogen and oxygen atoms in total. The highest BCUT2D eigenvalue weighted by Crippen LogP contribution is 2.29. The zero-order valence-electron chi connectivity index (χ0n) is 13.6. The van der Waals surface area contributed by atoms with E-state index in [4.69, 9.17) is 9.47 Å². The minimum atomic E-state index is -0.0505. The number of hydrogen-bond acceptors (Lipinski definition) is 5. The first-order chi connectivity index (χ1) is 11.1. The van der Waals surface area contributed by atoms with Crippen LogP contribution < -0.4 is 5.32 Å². The van der Waals surface area contributed by atoms with Gasteiger partial charge in [-0.05, 0) is 43.9 Å². The number of carbonyl (C=O) groups excluding carboxylic acids is 1. The number of aryl methyl sites for hydroxylation is 2. The molecule has 1 aromatic heterocycles. The van der Waals surface area contributed by atoms with Crippen LogP contribution in [0.25, 0.3) is 10.2 Å². The number of aromatic nitrogens is 1. The summed E-state index contributed by atoms with van der Waals surface area (Å²) in [6, 6.07) is 4.21. The van der Waals surface area contributed by atoms with Gasteiger partial charge in [0.15, 0.2) is 5.13 Å². The Morgan fingerprint density at radius 2 is 2.17 bits per heavy atom. The summed E-state index contributed by atoms with van der Waals surface area (Å²) in [5, 5.41) is 3.54. The second-order valence-electron chi connectivity index (χ2n) is 5.93. The van der Waals surface area contributed by atoms with Crippen molar-refractivity contribution in [2.75, 3.05) is 25.1 Å². The second kappa shape index (κ2) is 7.38. The molecule has 1 aliphatic heterocycles. The lowest BCUT2D eigenvalue weighted by Crippen LogP contribution is -2.25. The highest BCUT2D eigenvalue weighted by Gasteiger charge is 2.15. The third kappa shape index (κ3) is 4.28. The van der Waals surface area contributed by atoms with Crippen LogP contribution in [0.4, 0.5) is 5.13 Å². The summed E-state index contributed by atoms with van der Waals surface area (Å²) in [6.45, 7) is 6.06. The molecule has 2 aromatic rings. The molecule has 0 atom stereocenters. The first kappa shape index (κ1) is 16.4. The molecule has 6 heteroatoms. The Labute approximate surface area is 140 Å². The maximum atomic E-state index is 12.0. The first-order valence-electron chi connectivity index (χ1n) is 7.99. The molecular weight excluding hydrogens is 312 g/mol. The molecule has 0 aliphatic carbocycles. The van der Waals surface area contributed by atoms with E-state index in [1.807, 2.05) is 6.92 Å². The van der Waals surface area contributed by atoms with Gasteiger partial charge in [0, 0.05) is 13.2 Å². The van der Waals surface area contributed by atoms with Crippen molar-refractivity contribution in [3.05, 3.63) is 23.3 Å². The number of nitrogens with one attached hydrogen (secondary N) is 1. The van der Waals surface area contributed by atoms with Crippen molar-refractivity contribution in [3.8, 4) is 0 Å². The Bertz CT molecular complexity index is 692. The van der Waals surface area contributed by atoms with Gasteiger partial charge in [-0.25, -0.2) is 4.98 Å². The van der Waals surface area contributed by atoms with Gasteiger partial charge >= 0.3 is 0 Å². The predicted octanol–water partition coefficient (Wildman–Crippen LogP) is 3.44. The third-order valence-electron chi connectivity index (χ3n) is 3.93. The second-order valence-corrected chi connectivity index (χ2v) is 6.96. The summed E-state index contributed by atoms with van der Waals surface area (Å²) in [4.78, 5) is 16.6. The number of fused-ring (bicyclic) bond motifs is 1. The van der Waals surface area contributed by atoms with Gasteiger partial charge in [0.05, 0.1) is 29.3 Å². The number of carbonyl (C=O) groups is 1. The molecule has 0 spiro atoms. The molecular formula is C17H22N2O3S. The average Bonchev–Trinajstić information content (AvgIpc) is 2.91. The summed E-state index contributed by atoms with van der Waals surface area (Å²) in [5.74, 6) is -0.0505. The van der Waals surface area contributed by atoms with Gasteiger partial charge in [-0.15, -0.1) is 0 Å². The van der Waals surface area contributed by atoms with E-state index < -0.39 is 0 Å².